The lowest BCUT2D eigenvalue weighted by atomic mass is 10.0. The average molecular weight is 480 g/mol. The molecule has 0 spiro atoms. The third kappa shape index (κ3) is 10.0. The van der Waals surface area contributed by atoms with Gasteiger partial charge in [0.25, 0.3) is 0 Å². The van der Waals surface area contributed by atoms with Crippen LogP contribution in [0.3, 0.4) is 0 Å². The lowest BCUT2D eigenvalue weighted by Crippen LogP contribution is -2.46. The van der Waals surface area contributed by atoms with E-state index in [4.69, 9.17) is 13.3 Å². The van der Waals surface area contributed by atoms with Gasteiger partial charge in [-0.05, 0) is 59.1 Å². The van der Waals surface area contributed by atoms with Gasteiger partial charge in [-0.3, -0.25) is 4.58 Å². The van der Waals surface area contributed by atoms with E-state index in [0.717, 1.165) is 32.1 Å². The zero-order valence-electron chi connectivity index (χ0n) is 20.1. The molecule has 32 heavy (non-hydrogen) atoms. The fraction of sp³-hybridized carbons (Fsp3) is 0.667. The Morgan fingerprint density at radius 1 is 0.938 bits per heavy atom. The van der Waals surface area contributed by atoms with E-state index in [9.17, 15) is 17.3 Å². The Bertz CT molecular complexity index is 704. The molecule has 0 aliphatic carbocycles. The van der Waals surface area contributed by atoms with Gasteiger partial charge in [0.2, 0.25) is 6.34 Å². The number of hydrogen-bond acceptors (Lipinski definition) is 4. The Morgan fingerprint density at radius 3 is 1.84 bits per heavy atom. The van der Waals surface area contributed by atoms with Crippen molar-refractivity contribution in [3.05, 3.63) is 28.8 Å². The highest BCUT2D eigenvalue weighted by Crippen LogP contribution is 2.26. The zero-order chi connectivity index (χ0) is 24.4. The van der Waals surface area contributed by atoms with E-state index in [0.29, 0.717) is 19.8 Å². The predicted octanol–water partition coefficient (Wildman–Crippen LogP) is 5.21. The van der Waals surface area contributed by atoms with Crippen molar-refractivity contribution in [2.75, 3.05) is 44.4 Å². The van der Waals surface area contributed by atoms with Crippen LogP contribution in [-0.4, -0.2) is 66.4 Å². The Morgan fingerprint density at radius 2 is 1.41 bits per heavy atom. The van der Waals surface area contributed by atoms with Crippen molar-refractivity contribution < 1.29 is 35.1 Å². The molecule has 1 aromatic carbocycles. The number of anilines is 1. The molecule has 0 aromatic heterocycles. The van der Waals surface area contributed by atoms with Crippen LogP contribution in [-0.2, 0) is 13.3 Å². The standard InChI is InChI=1S/C21H37N2O3Si.BF4/c1-7-24-27(25-8-2,26-9-3)14-10-11-22-12-13-23(17-22)21-19(5)15-18(4)16-20(21)6;2-1(3,4)5/h15-17H,7-14H2,1-6H3;/q+1;-1. The van der Waals surface area contributed by atoms with Crippen molar-refractivity contribution in [3.8, 4) is 0 Å². The second-order valence-corrected chi connectivity index (χ2v) is 10.4. The summed E-state index contributed by atoms with van der Waals surface area (Å²) in [7, 11) is -8.53. The highest BCUT2D eigenvalue weighted by Gasteiger charge is 2.40. The smallest absolute Gasteiger partial charge is 0.418 e. The summed E-state index contributed by atoms with van der Waals surface area (Å²) in [6.45, 7) is 17.6. The van der Waals surface area contributed by atoms with Gasteiger partial charge < -0.3 is 30.5 Å². The molecule has 5 nitrogen and oxygen atoms in total. The molecule has 1 aliphatic heterocycles. The first-order chi connectivity index (χ1) is 14.9. The second kappa shape index (κ2) is 13.3. The molecule has 0 saturated carbocycles. The summed E-state index contributed by atoms with van der Waals surface area (Å²) in [5, 5.41) is 0. The van der Waals surface area contributed by atoms with Crippen molar-refractivity contribution in [1.29, 1.82) is 0 Å². The maximum Gasteiger partial charge on any atom is 0.673 e. The molecular formula is C21H37BF4N2O3Si. The highest BCUT2D eigenvalue weighted by atomic mass is 28.4. The molecule has 0 fully saturated rings. The van der Waals surface area contributed by atoms with Gasteiger partial charge in [-0.2, -0.15) is 0 Å². The topological polar surface area (TPSA) is 33.9 Å². The van der Waals surface area contributed by atoms with Gasteiger partial charge in [0.15, 0.2) is 0 Å². The van der Waals surface area contributed by atoms with Crippen LogP contribution < -0.4 is 4.90 Å². The number of nitrogens with zero attached hydrogens (tertiary/aromatic N) is 2. The van der Waals surface area contributed by atoms with Gasteiger partial charge in [0.1, 0.15) is 18.8 Å². The Labute approximate surface area is 190 Å². The van der Waals surface area contributed by atoms with Crippen LogP contribution in [0.15, 0.2) is 12.1 Å². The molecule has 1 aliphatic rings. The zero-order valence-corrected chi connectivity index (χ0v) is 21.1. The van der Waals surface area contributed by atoms with Crippen LogP contribution in [0.1, 0.15) is 43.9 Å². The van der Waals surface area contributed by atoms with Crippen LogP contribution in [0.5, 0.6) is 0 Å². The summed E-state index contributed by atoms with van der Waals surface area (Å²) in [5.74, 6) is 0. The van der Waals surface area contributed by atoms with E-state index in [1.165, 1.54) is 22.4 Å². The molecule has 11 heteroatoms. The Kier molecular flexibility index (Phi) is 11.9. The van der Waals surface area contributed by atoms with E-state index in [-0.39, 0.29) is 0 Å². The van der Waals surface area contributed by atoms with Gasteiger partial charge >= 0.3 is 16.1 Å². The lowest BCUT2D eigenvalue weighted by Gasteiger charge is -2.28. The third-order valence-corrected chi connectivity index (χ3v) is 8.03. The van der Waals surface area contributed by atoms with E-state index < -0.39 is 16.1 Å². The van der Waals surface area contributed by atoms with Gasteiger partial charge in [-0.1, -0.05) is 17.7 Å². The normalized spacial score (nSPS) is 14.3. The van der Waals surface area contributed by atoms with Crippen LogP contribution in [0.4, 0.5) is 23.0 Å². The third-order valence-electron chi connectivity index (χ3n) is 4.87. The molecular weight excluding hydrogens is 443 g/mol. The molecule has 0 atom stereocenters. The summed E-state index contributed by atoms with van der Waals surface area (Å²) >= 11 is 0. The maximum atomic E-state index is 9.75. The molecule has 1 aromatic rings. The maximum absolute atomic E-state index is 9.75. The second-order valence-electron chi connectivity index (χ2n) is 7.67. The Hall–Kier alpha value is -1.43. The summed E-state index contributed by atoms with van der Waals surface area (Å²) < 4.78 is 59.3. The van der Waals surface area contributed by atoms with E-state index in [1.807, 2.05) is 20.8 Å². The molecule has 2 rings (SSSR count). The van der Waals surface area contributed by atoms with Crippen LogP contribution in [0.25, 0.3) is 0 Å². The quantitative estimate of drug-likeness (QED) is 0.247. The van der Waals surface area contributed by atoms with Crippen LogP contribution in [0, 0.1) is 20.8 Å². The first-order valence-corrected chi connectivity index (χ1v) is 13.1. The first kappa shape index (κ1) is 28.6. The minimum absolute atomic E-state index is 0.641. The minimum Gasteiger partial charge on any atom is -0.418 e. The summed E-state index contributed by atoms with van der Waals surface area (Å²) in [6.07, 6.45) is 3.29. The summed E-state index contributed by atoms with van der Waals surface area (Å²) in [5.41, 5.74) is 5.38. The molecule has 184 valence electrons. The minimum atomic E-state index is -6.00. The van der Waals surface area contributed by atoms with Crippen molar-refractivity contribution in [1.82, 2.24) is 0 Å². The van der Waals surface area contributed by atoms with Crippen molar-refractivity contribution in [2.24, 2.45) is 0 Å². The summed E-state index contributed by atoms with van der Waals surface area (Å²) in [4.78, 5) is 2.39. The van der Waals surface area contributed by atoms with Crippen LogP contribution in [0.2, 0.25) is 6.04 Å². The fourth-order valence-corrected chi connectivity index (χ4v) is 6.61. The predicted molar refractivity (Wildman–Crippen MR) is 124 cm³/mol. The summed E-state index contributed by atoms with van der Waals surface area (Å²) in [6, 6.07) is 5.41. The number of aryl methyl sites for hydroxylation is 3. The monoisotopic (exact) mass is 480 g/mol. The van der Waals surface area contributed by atoms with Gasteiger partial charge in [0, 0.05) is 25.9 Å². The number of rotatable bonds is 11. The molecule has 0 unspecified atom stereocenters. The first-order valence-electron chi connectivity index (χ1n) is 11.2. The van der Waals surface area contributed by atoms with Gasteiger partial charge in [-0.25, -0.2) is 4.90 Å². The molecule has 0 saturated heterocycles. The van der Waals surface area contributed by atoms with Gasteiger partial charge in [-0.15, -0.1) is 0 Å². The lowest BCUT2D eigenvalue weighted by molar-refractivity contribution is -0.513. The van der Waals surface area contributed by atoms with Crippen molar-refractivity contribution >= 4 is 28.1 Å². The number of halogens is 4. The largest absolute Gasteiger partial charge is 0.673 e. The molecule has 0 N–H and O–H groups in total. The van der Waals surface area contributed by atoms with Crippen molar-refractivity contribution in [3.63, 3.8) is 0 Å². The van der Waals surface area contributed by atoms with E-state index in [2.05, 4.69) is 48.7 Å². The van der Waals surface area contributed by atoms with E-state index >= 15 is 0 Å². The SMILES string of the molecule is CCO[Si](CCC[N+]1=CN(c2c(C)cc(C)cc2C)CC1)(OCC)OCC.F[B-](F)(F)F. The average Bonchev–Trinajstić information content (AvgIpc) is 3.08. The molecule has 0 bridgehead atoms. The molecule has 1 heterocycles. The molecule has 0 radical (unpaired) electrons. The molecule has 0 amide bonds. The van der Waals surface area contributed by atoms with Gasteiger partial charge in [0.05, 0.1) is 6.54 Å². The van der Waals surface area contributed by atoms with Crippen LogP contribution >= 0.6 is 0 Å². The highest BCUT2D eigenvalue weighted by molar-refractivity contribution is 6.60. The fourth-order valence-electron chi connectivity index (χ4n) is 4.01. The van der Waals surface area contributed by atoms with Crippen molar-refractivity contribution in [2.45, 2.75) is 54.0 Å². The van der Waals surface area contributed by atoms with E-state index in [1.54, 1.807) is 0 Å². The number of hydrogen-bond donors (Lipinski definition) is 0. The number of benzene rings is 1. The Balaban J connectivity index is 0.000000920.